The molecule has 15 heteroatoms. The van der Waals surface area contributed by atoms with Crippen LogP contribution in [0.5, 0.6) is 0 Å². The van der Waals surface area contributed by atoms with Gasteiger partial charge in [0.15, 0.2) is 0 Å². The Bertz CT molecular complexity index is 1990. The molecule has 2 saturated heterocycles. The van der Waals surface area contributed by atoms with Crippen molar-refractivity contribution in [1.29, 1.82) is 0 Å². The maximum absolute atomic E-state index is 13.8. The molecule has 59 heavy (non-hydrogen) atoms. The number of ether oxygens (including phenoxy) is 4. The zero-order valence-electron chi connectivity index (χ0n) is 34.9. The van der Waals surface area contributed by atoms with Crippen molar-refractivity contribution in [3.8, 4) is 23.7 Å². The number of carbonyl (C=O) groups is 5. The van der Waals surface area contributed by atoms with Gasteiger partial charge in [-0.3, -0.25) is 14.4 Å². The number of carbonyl (C=O) groups excluding carboxylic acids is 5. The van der Waals surface area contributed by atoms with Gasteiger partial charge in [0.05, 0.1) is 68.3 Å². The highest BCUT2D eigenvalue weighted by molar-refractivity contribution is 7.15. The first-order valence-electron chi connectivity index (χ1n) is 20.6. The normalized spacial score (nSPS) is 21.2. The summed E-state index contributed by atoms with van der Waals surface area (Å²) >= 11 is 2.52. The second kappa shape index (κ2) is 19.8. The second-order valence-electron chi connectivity index (χ2n) is 16.5. The Morgan fingerprint density at radius 1 is 0.763 bits per heavy atom. The van der Waals surface area contributed by atoms with E-state index < -0.39 is 11.9 Å². The Morgan fingerprint density at radius 2 is 1.25 bits per heavy atom. The van der Waals surface area contributed by atoms with Crippen LogP contribution in [0.4, 0.5) is 11.4 Å². The van der Waals surface area contributed by atoms with Crippen molar-refractivity contribution in [1.82, 2.24) is 9.80 Å². The van der Waals surface area contributed by atoms with Gasteiger partial charge in [-0.2, -0.15) is 0 Å². The van der Waals surface area contributed by atoms with Gasteiger partial charge in [0.1, 0.15) is 16.3 Å². The lowest BCUT2D eigenvalue weighted by Gasteiger charge is -2.33. The lowest BCUT2D eigenvalue weighted by molar-refractivity contribution is -0.135. The standard InChI is InChI=1S/C26H34N2O5S.C18H22N2O4S/c1-18-4-6-19(7-5-18)24(30)28(17-22(29)27-12-14-33-15-13-27)21-16-20(8-9-26(2)10-11-26)34-23(21)25(31)32-3;1-18(5-6-18)4-3-13-11-14(16(25-13)17(22)23-2)19-12-15(21)20-7-9-24-10-8-20/h16,18-19H,4-7,10-15,17H2,1-3H3;11,19H,5-10,12H2,1-2H3. The van der Waals surface area contributed by atoms with E-state index in [1.54, 1.807) is 15.9 Å². The molecular formula is C44H56N4O9S2. The number of thiophene rings is 2. The second-order valence-corrected chi connectivity index (χ2v) is 18.6. The maximum Gasteiger partial charge on any atom is 0.350 e. The number of methoxy groups -OCH3 is 2. The summed E-state index contributed by atoms with van der Waals surface area (Å²) in [6.07, 6.45) is 7.95. The predicted molar refractivity (Wildman–Crippen MR) is 227 cm³/mol. The molecule has 4 heterocycles. The molecule has 0 unspecified atom stereocenters. The largest absolute Gasteiger partial charge is 0.465 e. The van der Waals surface area contributed by atoms with E-state index in [2.05, 4.69) is 49.8 Å². The number of nitrogens with zero attached hydrogens (tertiary/aromatic N) is 3. The first-order chi connectivity index (χ1) is 28.3. The third kappa shape index (κ3) is 12.1. The highest BCUT2D eigenvalue weighted by Crippen LogP contribution is 2.45. The quantitative estimate of drug-likeness (QED) is 0.248. The molecule has 3 amide bonds. The minimum absolute atomic E-state index is 0.0107. The average molecular weight is 849 g/mol. The Morgan fingerprint density at radius 3 is 1.78 bits per heavy atom. The van der Waals surface area contributed by atoms with Crippen LogP contribution in [0.25, 0.3) is 0 Å². The average Bonchev–Trinajstić information content (AvgIpc) is 4.08. The van der Waals surface area contributed by atoms with Crippen molar-refractivity contribution in [2.45, 2.75) is 72.1 Å². The van der Waals surface area contributed by atoms with Crippen molar-refractivity contribution in [2.75, 3.05) is 90.1 Å². The molecule has 0 spiro atoms. The maximum atomic E-state index is 13.8. The lowest BCUT2D eigenvalue weighted by Crippen LogP contribution is -2.49. The van der Waals surface area contributed by atoms with Crippen LogP contribution in [0.2, 0.25) is 0 Å². The molecule has 0 aromatic carbocycles. The van der Waals surface area contributed by atoms with Gasteiger partial charge in [0.2, 0.25) is 17.7 Å². The van der Waals surface area contributed by atoms with Crippen LogP contribution in [0.15, 0.2) is 12.1 Å². The van der Waals surface area contributed by atoms with E-state index in [1.807, 2.05) is 6.07 Å². The number of esters is 2. The van der Waals surface area contributed by atoms with Gasteiger partial charge < -0.3 is 39.0 Å². The first-order valence-corrected chi connectivity index (χ1v) is 22.2. The molecule has 1 N–H and O–H groups in total. The van der Waals surface area contributed by atoms with Crippen LogP contribution < -0.4 is 10.2 Å². The molecule has 0 bridgehead atoms. The molecule has 5 aliphatic rings. The molecule has 3 saturated carbocycles. The SMILES string of the molecule is COC(=O)c1sc(C#CC2(C)CC2)cc1N(CC(=O)N1CCOCC1)C(=O)C1CCC(C)CC1.COC(=O)c1sc(C#CC2(C)CC2)cc1NCC(=O)N1CCOCC1. The molecule has 7 rings (SSSR count). The van der Waals surface area contributed by atoms with Crippen LogP contribution in [0, 0.1) is 46.3 Å². The monoisotopic (exact) mass is 848 g/mol. The van der Waals surface area contributed by atoms with Crippen LogP contribution in [-0.2, 0) is 33.3 Å². The Balaban J connectivity index is 0.000000208. The number of rotatable bonds is 9. The van der Waals surface area contributed by atoms with Crippen molar-refractivity contribution < 1.29 is 42.9 Å². The van der Waals surface area contributed by atoms with E-state index in [-0.39, 0.29) is 47.6 Å². The number of hydrogen-bond acceptors (Lipinski definition) is 12. The van der Waals surface area contributed by atoms with Crippen molar-refractivity contribution in [2.24, 2.45) is 22.7 Å². The molecule has 2 aliphatic heterocycles. The summed E-state index contributed by atoms with van der Waals surface area (Å²) in [4.78, 5) is 71.2. The van der Waals surface area contributed by atoms with Crippen LogP contribution in [0.1, 0.15) is 101 Å². The van der Waals surface area contributed by atoms with E-state index in [9.17, 15) is 24.0 Å². The topological polar surface area (TPSA) is 144 Å². The summed E-state index contributed by atoms with van der Waals surface area (Å²) in [6, 6.07) is 3.61. The number of anilines is 2. The van der Waals surface area contributed by atoms with Crippen molar-refractivity contribution >= 4 is 63.7 Å². The number of morpholine rings is 2. The highest BCUT2D eigenvalue weighted by Gasteiger charge is 2.37. The summed E-state index contributed by atoms with van der Waals surface area (Å²) < 4.78 is 20.5. The number of hydrogen-bond donors (Lipinski definition) is 1. The molecule has 5 fully saturated rings. The molecular weight excluding hydrogens is 793 g/mol. The fourth-order valence-corrected chi connectivity index (χ4v) is 8.75. The molecule has 13 nitrogen and oxygen atoms in total. The molecule has 0 radical (unpaired) electrons. The third-order valence-corrected chi connectivity index (χ3v) is 13.6. The Hall–Kier alpha value is -4.41. The lowest BCUT2D eigenvalue weighted by atomic mass is 9.82. The van der Waals surface area contributed by atoms with E-state index in [4.69, 9.17) is 18.9 Å². The van der Waals surface area contributed by atoms with Gasteiger partial charge in [0.25, 0.3) is 0 Å². The van der Waals surface area contributed by atoms with Gasteiger partial charge in [-0.25, -0.2) is 9.59 Å². The highest BCUT2D eigenvalue weighted by atomic mass is 32.1. The Kier molecular flexibility index (Phi) is 14.8. The molecule has 3 aliphatic carbocycles. The number of nitrogens with one attached hydrogen (secondary N) is 1. The summed E-state index contributed by atoms with van der Waals surface area (Å²) in [5.74, 6) is 12.2. The zero-order chi connectivity index (χ0) is 42.2. The van der Waals surface area contributed by atoms with Crippen molar-refractivity contribution in [3.05, 3.63) is 31.6 Å². The van der Waals surface area contributed by atoms with E-state index in [1.165, 1.54) is 41.8 Å². The van der Waals surface area contributed by atoms with Crippen LogP contribution >= 0.6 is 22.7 Å². The fraction of sp³-hybridized carbons (Fsp3) is 0.614. The summed E-state index contributed by atoms with van der Waals surface area (Å²) in [5, 5.41) is 3.07. The molecule has 0 atom stereocenters. The van der Waals surface area contributed by atoms with Gasteiger partial charge in [0, 0.05) is 42.9 Å². The Labute approximate surface area is 355 Å². The summed E-state index contributed by atoms with van der Waals surface area (Å²) in [5.41, 5.74) is 1.20. The zero-order valence-corrected chi connectivity index (χ0v) is 36.5. The minimum atomic E-state index is -0.514. The van der Waals surface area contributed by atoms with Gasteiger partial charge in [-0.1, -0.05) is 30.6 Å². The van der Waals surface area contributed by atoms with E-state index in [0.717, 1.165) is 56.2 Å². The van der Waals surface area contributed by atoms with Gasteiger partial charge >= 0.3 is 11.9 Å². The third-order valence-electron chi connectivity index (χ3n) is 11.5. The van der Waals surface area contributed by atoms with Crippen molar-refractivity contribution in [3.63, 3.8) is 0 Å². The fourth-order valence-electron chi connectivity index (χ4n) is 6.91. The van der Waals surface area contributed by atoms with E-state index in [0.29, 0.717) is 84.5 Å². The predicted octanol–water partition coefficient (Wildman–Crippen LogP) is 5.66. The van der Waals surface area contributed by atoms with Crippen LogP contribution in [0.3, 0.4) is 0 Å². The molecule has 318 valence electrons. The van der Waals surface area contributed by atoms with Crippen LogP contribution in [-0.4, -0.2) is 119 Å². The van der Waals surface area contributed by atoms with Gasteiger partial charge in [-0.15, -0.1) is 22.7 Å². The van der Waals surface area contributed by atoms with E-state index >= 15 is 0 Å². The smallest absolute Gasteiger partial charge is 0.350 e. The molecule has 2 aromatic heterocycles. The molecule has 2 aromatic rings. The first kappa shape index (κ1) is 44.2. The number of amides is 3. The summed E-state index contributed by atoms with van der Waals surface area (Å²) in [7, 11) is 2.68. The van der Waals surface area contributed by atoms with Gasteiger partial charge in [-0.05, 0) is 83.3 Å². The summed E-state index contributed by atoms with van der Waals surface area (Å²) in [6.45, 7) is 10.8. The minimum Gasteiger partial charge on any atom is -0.465 e.